The van der Waals surface area contributed by atoms with Crippen molar-refractivity contribution in [2.75, 3.05) is 11.5 Å². The van der Waals surface area contributed by atoms with Crippen LogP contribution in [0.3, 0.4) is 0 Å². The molecule has 1 aliphatic heterocycles. The molecular weight excluding hydrogens is 542 g/mol. The van der Waals surface area contributed by atoms with Gasteiger partial charge in [0.2, 0.25) is 0 Å². The number of halogens is 1. The fourth-order valence-electron chi connectivity index (χ4n) is 4.19. The van der Waals surface area contributed by atoms with E-state index < -0.39 is 11.8 Å². The van der Waals surface area contributed by atoms with Gasteiger partial charge in [-0.15, -0.1) is 0 Å². The topological polar surface area (TPSA) is 80.6 Å². The summed E-state index contributed by atoms with van der Waals surface area (Å²) < 4.78 is 7.92. The predicted octanol–water partition coefficient (Wildman–Crippen LogP) is 5.17. The number of aryl methyl sites for hydroxylation is 2. The Balaban J connectivity index is 1.71. The fraction of sp³-hybridized carbons (Fsp3) is 0.185. The van der Waals surface area contributed by atoms with Gasteiger partial charge in [0.25, 0.3) is 11.8 Å². The van der Waals surface area contributed by atoms with Gasteiger partial charge in [-0.1, -0.05) is 15.9 Å². The maximum absolute atomic E-state index is 13.5. The number of aromatic nitrogens is 1. The summed E-state index contributed by atoms with van der Waals surface area (Å²) in [6.45, 7) is 7.79. The molecule has 3 aromatic rings. The van der Waals surface area contributed by atoms with E-state index in [2.05, 4.69) is 21.2 Å². The van der Waals surface area contributed by atoms with Gasteiger partial charge in [0, 0.05) is 21.5 Å². The summed E-state index contributed by atoms with van der Waals surface area (Å²) in [5, 5.41) is 2.68. The van der Waals surface area contributed by atoms with Crippen LogP contribution in [0.5, 0.6) is 0 Å². The first-order valence-electron chi connectivity index (χ1n) is 11.3. The molecule has 1 fully saturated rings. The van der Waals surface area contributed by atoms with E-state index >= 15 is 0 Å². The van der Waals surface area contributed by atoms with Crippen molar-refractivity contribution in [3.8, 4) is 5.69 Å². The summed E-state index contributed by atoms with van der Waals surface area (Å²) in [5.74, 6) is -1.40. The van der Waals surface area contributed by atoms with Crippen LogP contribution in [0.25, 0.3) is 11.8 Å². The summed E-state index contributed by atoms with van der Waals surface area (Å²) >= 11 is 8.76. The molecule has 1 aliphatic rings. The van der Waals surface area contributed by atoms with Crippen LogP contribution in [-0.4, -0.2) is 34.1 Å². The number of rotatable bonds is 5. The first-order valence-corrected chi connectivity index (χ1v) is 12.5. The smallest absolute Gasteiger partial charge is 0.338 e. The van der Waals surface area contributed by atoms with Gasteiger partial charge in [-0.25, -0.2) is 4.79 Å². The van der Waals surface area contributed by atoms with Crippen LogP contribution in [0, 0.1) is 20.8 Å². The second kappa shape index (κ2) is 10.2. The molecule has 0 atom stereocenters. The number of hydrogen-bond acceptors (Lipinski definition) is 5. The zero-order valence-electron chi connectivity index (χ0n) is 20.2. The van der Waals surface area contributed by atoms with Crippen molar-refractivity contribution < 1.29 is 19.1 Å². The number of thiocarbonyl (C=S) groups is 1. The van der Waals surface area contributed by atoms with E-state index in [1.54, 1.807) is 31.2 Å². The average Bonchev–Trinajstić information content (AvgIpc) is 3.10. The van der Waals surface area contributed by atoms with Gasteiger partial charge in [-0.2, -0.15) is 0 Å². The number of nitrogens with one attached hydrogen (secondary N) is 1. The molecule has 7 nitrogen and oxygen atoms in total. The molecule has 0 radical (unpaired) electrons. The van der Waals surface area contributed by atoms with E-state index in [1.807, 2.05) is 55.7 Å². The number of carbonyl (C=O) groups is 3. The number of anilines is 1. The second-order valence-electron chi connectivity index (χ2n) is 8.32. The van der Waals surface area contributed by atoms with E-state index in [0.29, 0.717) is 17.9 Å². The molecule has 1 saturated heterocycles. The van der Waals surface area contributed by atoms with E-state index in [1.165, 1.54) is 4.90 Å². The molecule has 0 spiro atoms. The molecular formula is C27H24BrN3O4S. The third-order valence-corrected chi connectivity index (χ3v) is 6.69. The molecule has 4 rings (SSSR count). The van der Waals surface area contributed by atoms with Gasteiger partial charge in [-0.3, -0.25) is 19.8 Å². The molecule has 1 N–H and O–H groups in total. The molecule has 2 amide bonds. The molecule has 2 aromatic carbocycles. The Kier molecular flexibility index (Phi) is 7.23. The number of esters is 1. The van der Waals surface area contributed by atoms with Crippen molar-refractivity contribution in [3.05, 3.63) is 86.7 Å². The van der Waals surface area contributed by atoms with E-state index in [-0.39, 0.29) is 16.7 Å². The van der Waals surface area contributed by atoms with Gasteiger partial charge in [0.05, 0.1) is 17.9 Å². The number of nitrogens with zero attached hydrogens (tertiary/aromatic N) is 2. The number of ether oxygens (including phenoxy) is 1. The normalized spacial score (nSPS) is 14.9. The molecule has 2 heterocycles. The standard InChI is InChI=1S/C27H24BrN3O4S/c1-5-35-26(34)18-6-9-21(10-7-18)30-16(3)13-19(17(30)4)14-22-24(32)29-27(36)31(25(22)33)23-11-8-20(28)12-15(23)2/h6-14H,5H2,1-4H3,(H,29,32,36)/b22-14+. The van der Waals surface area contributed by atoms with E-state index in [9.17, 15) is 14.4 Å². The van der Waals surface area contributed by atoms with Crippen LogP contribution in [0.4, 0.5) is 5.69 Å². The van der Waals surface area contributed by atoms with Crippen molar-refractivity contribution in [2.24, 2.45) is 0 Å². The Morgan fingerprint density at radius 2 is 1.78 bits per heavy atom. The zero-order valence-corrected chi connectivity index (χ0v) is 22.6. The van der Waals surface area contributed by atoms with Crippen molar-refractivity contribution in [2.45, 2.75) is 27.7 Å². The van der Waals surface area contributed by atoms with Crippen LogP contribution in [-0.2, 0) is 14.3 Å². The van der Waals surface area contributed by atoms with E-state index in [4.69, 9.17) is 17.0 Å². The number of carbonyl (C=O) groups excluding carboxylic acids is 3. The van der Waals surface area contributed by atoms with Crippen molar-refractivity contribution in [3.63, 3.8) is 0 Å². The van der Waals surface area contributed by atoms with Crippen LogP contribution in [0.1, 0.15) is 39.8 Å². The third-order valence-electron chi connectivity index (χ3n) is 5.91. The minimum absolute atomic E-state index is 0.0103. The lowest BCUT2D eigenvalue weighted by Crippen LogP contribution is -2.54. The second-order valence-corrected chi connectivity index (χ2v) is 9.62. The highest BCUT2D eigenvalue weighted by atomic mass is 79.9. The van der Waals surface area contributed by atoms with E-state index in [0.717, 1.165) is 32.7 Å². The van der Waals surface area contributed by atoms with Gasteiger partial charge in [0.15, 0.2) is 5.11 Å². The summed E-state index contributed by atoms with van der Waals surface area (Å²) in [6, 6.07) is 14.5. The molecule has 9 heteroatoms. The van der Waals surface area contributed by atoms with Gasteiger partial charge in [-0.05, 0) is 106 Å². The summed E-state index contributed by atoms with van der Waals surface area (Å²) in [7, 11) is 0. The van der Waals surface area contributed by atoms with Crippen molar-refractivity contribution in [1.82, 2.24) is 9.88 Å². The monoisotopic (exact) mass is 565 g/mol. The molecule has 184 valence electrons. The SMILES string of the molecule is CCOC(=O)c1ccc(-n2c(C)cc(/C=C3\C(=O)NC(=S)N(c4ccc(Br)cc4C)C3=O)c2C)cc1. The number of amides is 2. The summed E-state index contributed by atoms with van der Waals surface area (Å²) in [4.78, 5) is 39.6. The summed E-state index contributed by atoms with van der Waals surface area (Å²) in [5.41, 5.74) is 5.20. The van der Waals surface area contributed by atoms with Crippen molar-refractivity contribution in [1.29, 1.82) is 0 Å². The Morgan fingerprint density at radius 1 is 1.08 bits per heavy atom. The van der Waals surface area contributed by atoms with Crippen LogP contribution >= 0.6 is 28.1 Å². The quantitative estimate of drug-likeness (QED) is 0.200. The molecule has 0 aliphatic carbocycles. The maximum Gasteiger partial charge on any atom is 0.338 e. The lowest BCUT2D eigenvalue weighted by molar-refractivity contribution is -0.122. The highest BCUT2D eigenvalue weighted by molar-refractivity contribution is 9.10. The number of benzene rings is 2. The maximum atomic E-state index is 13.5. The summed E-state index contributed by atoms with van der Waals surface area (Å²) in [6.07, 6.45) is 1.59. The van der Waals surface area contributed by atoms with Crippen LogP contribution < -0.4 is 10.2 Å². The Hall–Kier alpha value is -3.56. The Labute approximate surface area is 222 Å². The first kappa shape index (κ1) is 25.5. The lowest BCUT2D eigenvalue weighted by Gasteiger charge is -2.30. The molecule has 1 aromatic heterocycles. The minimum atomic E-state index is -0.542. The Bertz CT molecular complexity index is 1440. The zero-order chi connectivity index (χ0) is 26.1. The van der Waals surface area contributed by atoms with Crippen molar-refractivity contribution >= 4 is 62.8 Å². The molecule has 0 unspecified atom stereocenters. The lowest BCUT2D eigenvalue weighted by atomic mass is 10.1. The largest absolute Gasteiger partial charge is 0.462 e. The Morgan fingerprint density at radius 3 is 2.42 bits per heavy atom. The minimum Gasteiger partial charge on any atom is -0.462 e. The number of hydrogen-bond donors (Lipinski definition) is 1. The predicted molar refractivity (Wildman–Crippen MR) is 146 cm³/mol. The highest BCUT2D eigenvalue weighted by Crippen LogP contribution is 2.29. The van der Waals surface area contributed by atoms with Gasteiger partial charge in [0.1, 0.15) is 5.57 Å². The highest BCUT2D eigenvalue weighted by Gasteiger charge is 2.35. The third kappa shape index (κ3) is 4.76. The van der Waals surface area contributed by atoms with Gasteiger partial charge < -0.3 is 9.30 Å². The fourth-order valence-corrected chi connectivity index (χ4v) is 4.94. The molecule has 0 bridgehead atoms. The molecule has 36 heavy (non-hydrogen) atoms. The van der Waals surface area contributed by atoms with Gasteiger partial charge >= 0.3 is 5.97 Å². The first-order chi connectivity index (χ1) is 17.1. The van der Waals surface area contributed by atoms with Crippen LogP contribution in [0.15, 0.2) is 58.6 Å². The average molecular weight is 566 g/mol. The molecule has 0 saturated carbocycles. The van der Waals surface area contributed by atoms with Crippen LogP contribution in [0.2, 0.25) is 0 Å².